The summed E-state index contributed by atoms with van der Waals surface area (Å²) < 4.78 is 8.55. The van der Waals surface area contributed by atoms with Gasteiger partial charge in [0, 0.05) is 17.6 Å². The van der Waals surface area contributed by atoms with E-state index in [2.05, 4.69) is 32.5 Å². The number of nitrogens with zero attached hydrogens (tertiary/aromatic N) is 3. The molecule has 0 radical (unpaired) electrons. The van der Waals surface area contributed by atoms with Crippen molar-refractivity contribution < 1.29 is 4.74 Å². The fourth-order valence-electron chi connectivity index (χ4n) is 2.04. The maximum absolute atomic E-state index is 7.47. The zero-order valence-corrected chi connectivity index (χ0v) is 13.6. The topological polar surface area (TPSA) is 31.4 Å². The van der Waals surface area contributed by atoms with Crippen molar-refractivity contribution in [2.75, 3.05) is 0 Å². The van der Waals surface area contributed by atoms with Gasteiger partial charge in [0.15, 0.2) is 0 Å². The van der Waals surface area contributed by atoms with Crippen LogP contribution < -0.4 is 4.74 Å². The van der Waals surface area contributed by atoms with Gasteiger partial charge in [-0.2, -0.15) is 5.10 Å². The van der Waals surface area contributed by atoms with Gasteiger partial charge >= 0.3 is 0 Å². The Morgan fingerprint density at radius 1 is 1.50 bits per heavy atom. The van der Waals surface area contributed by atoms with E-state index < -0.39 is 0 Å². The molecule has 0 amide bonds. The SMILES string of the molecule is [C-]#[N+]c1c(OC2CC2)cc(Cl)cc1-c1c(I)cnn1C. The first kappa shape index (κ1) is 13.7. The molecule has 0 spiro atoms. The van der Waals surface area contributed by atoms with Gasteiger partial charge in [0.2, 0.25) is 5.69 Å². The Morgan fingerprint density at radius 3 is 2.80 bits per heavy atom. The lowest BCUT2D eigenvalue weighted by atomic mass is 10.1. The Kier molecular flexibility index (Phi) is 3.61. The normalized spacial score (nSPS) is 14.1. The number of ether oxygens (including phenoxy) is 1. The van der Waals surface area contributed by atoms with Crippen LogP contribution in [0.4, 0.5) is 5.69 Å². The monoisotopic (exact) mass is 399 g/mol. The van der Waals surface area contributed by atoms with Crippen LogP contribution in [-0.2, 0) is 7.05 Å². The molecule has 6 heteroatoms. The van der Waals surface area contributed by atoms with E-state index in [9.17, 15) is 0 Å². The number of aryl methyl sites for hydroxylation is 1. The average Bonchev–Trinajstić information content (AvgIpc) is 3.14. The van der Waals surface area contributed by atoms with E-state index in [-0.39, 0.29) is 6.10 Å². The summed E-state index contributed by atoms with van der Waals surface area (Å²) in [5.41, 5.74) is 2.16. The van der Waals surface area contributed by atoms with Gasteiger partial charge in [0.25, 0.3) is 0 Å². The van der Waals surface area contributed by atoms with Gasteiger partial charge in [0.1, 0.15) is 5.75 Å². The summed E-state index contributed by atoms with van der Waals surface area (Å²) in [5.74, 6) is 0.571. The van der Waals surface area contributed by atoms with E-state index in [0.717, 1.165) is 27.7 Å². The van der Waals surface area contributed by atoms with Crippen LogP contribution in [-0.4, -0.2) is 15.9 Å². The number of aromatic nitrogens is 2. The Bertz CT molecular complexity index is 696. The van der Waals surface area contributed by atoms with E-state index in [4.69, 9.17) is 22.9 Å². The van der Waals surface area contributed by atoms with Gasteiger partial charge in [0.05, 0.1) is 28.1 Å². The number of rotatable bonds is 3. The Balaban J connectivity index is 2.19. The molecule has 0 N–H and O–H groups in total. The first-order valence-corrected chi connectivity index (χ1v) is 7.61. The Morgan fingerprint density at radius 2 is 2.25 bits per heavy atom. The number of hydrogen-bond donors (Lipinski definition) is 0. The maximum Gasteiger partial charge on any atom is 0.237 e. The van der Waals surface area contributed by atoms with E-state index in [1.807, 2.05) is 7.05 Å². The molecule has 3 rings (SSSR count). The zero-order valence-electron chi connectivity index (χ0n) is 10.7. The van der Waals surface area contributed by atoms with Gasteiger partial charge in [-0.3, -0.25) is 4.68 Å². The summed E-state index contributed by atoms with van der Waals surface area (Å²) in [6.07, 6.45) is 4.09. The van der Waals surface area contributed by atoms with E-state index in [1.165, 1.54) is 0 Å². The lowest BCUT2D eigenvalue weighted by Gasteiger charge is -2.12. The molecule has 1 aliphatic carbocycles. The van der Waals surface area contributed by atoms with E-state index >= 15 is 0 Å². The van der Waals surface area contributed by atoms with Gasteiger partial charge in [-0.25, -0.2) is 4.85 Å². The van der Waals surface area contributed by atoms with Crippen LogP contribution >= 0.6 is 34.2 Å². The lowest BCUT2D eigenvalue weighted by Crippen LogP contribution is -1.99. The predicted molar refractivity (Wildman–Crippen MR) is 86.3 cm³/mol. The average molecular weight is 400 g/mol. The molecule has 1 aromatic heterocycles. The number of halogens is 2. The van der Waals surface area contributed by atoms with Gasteiger partial charge < -0.3 is 4.74 Å². The summed E-state index contributed by atoms with van der Waals surface area (Å²) in [6, 6.07) is 3.52. The fraction of sp³-hybridized carbons (Fsp3) is 0.286. The van der Waals surface area contributed by atoms with Crippen LogP contribution in [0.5, 0.6) is 5.75 Å². The third-order valence-electron chi connectivity index (χ3n) is 3.12. The molecule has 1 fully saturated rings. The fourth-order valence-corrected chi connectivity index (χ4v) is 3.01. The van der Waals surface area contributed by atoms with Crippen molar-refractivity contribution in [2.24, 2.45) is 7.05 Å². The second kappa shape index (κ2) is 5.26. The van der Waals surface area contributed by atoms with E-state index in [1.54, 1.807) is 23.0 Å². The lowest BCUT2D eigenvalue weighted by molar-refractivity contribution is 0.305. The number of benzene rings is 1. The minimum atomic E-state index is 0.229. The highest BCUT2D eigenvalue weighted by Gasteiger charge is 2.26. The largest absolute Gasteiger partial charge is 0.501 e. The van der Waals surface area contributed by atoms with Crippen LogP contribution in [0.15, 0.2) is 18.3 Å². The summed E-state index contributed by atoms with van der Waals surface area (Å²) in [7, 11) is 1.85. The minimum Gasteiger partial charge on any atom is -0.501 e. The molecule has 0 aliphatic heterocycles. The van der Waals surface area contributed by atoms with Crippen LogP contribution in [0, 0.1) is 10.1 Å². The van der Waals surface area contributed by atoms with E-state index in [0.29, 0.717) is 16.5 Å². The summed E-state index contributed by atoms with van der Waals surface area (Å²) >= 11 is 8.40. The molecule has 0 bridgehead atoms. The van der Waals surface area contributed by atoms with Crippen molar-refractivity contribution in [2.45, 2.75) is 18.9 Å². The van der Waals surface area contributed by atoms with Crippen LogP contribution in [0.3, 0.4) is 0 Å². The molecule has 0 saturated heterocycles. The molecule has 102 valence electrons. The van der Waals surface area contributed by atoms with Gasteiger partial charge in [-0.1, -0.05) is 11.6 Å². The van der Waals surface area contributed by atoms with Crippen LogP contribution in [0.1, 0.15) is 12.8 Å². The number of hydrogen-bond acceptors (Lipinski definition) is 2. The zero-order chi connectivity index (χ0) is 14.3. The molecule has 20 heavy (non-hydrogen) atoms. The summed E-state index contributed by atoms with van der Waals surface area (Å²) in [5, 5.41) is 4.79. The molecule has 1 heterocycles. The molecule has 1 aromatic carbocycles. The highest BCUT2D eigenvalue weighted by Crippen LogP contribution is 2.44. The smallest absolute Gasteiger partial charge is 0.237 e. The molecule has 0 atom stereocenters. The molecule has 2 aromatic rings. The standard InChI is InChI=1S/C14H11ClIN3O/c1-17-13-10(14-11(16)7-18-19(14)2)5-8(15)6-12(13)20-9-3-4-9/h5-7,9H,3-4H2,2H3. The first-order chi connectivity index (χ1) is 9.60. The van der Waals surface area contributed by atoms with Crippen LogP contribution in [0.2, 0.25) is 5.02 Å². The second-order valence-corrected chi connectivity index (χ2v) is 6.29. The predicted octanol–water partition coefficient (Wildman–Crippen LogP) is 4.44. The molecule has 4 nitrogen and oxygen atoms in total. The van der Waals surface area contributed by atoms with Crippen molar-refractivity contribution >= 4 is 39.9 Å². The highest BCUT2D eigenvalue weighted by molar-refractivity contribution is 14.1. The third kappa shape index (κ3) is 2.50. The highest BCUT2D eigenvalue weighted by atomic mass is 127. The van der Waals surface area contributed by atoms with Crippen LogP contribution in [0.25, 0.3) is 16.1 Å². The quantitative estimate of drug-likeness (QED) is 0.564. The minimum absolute atomic E-state index is 0.229. The molecule has 1 saturated carbocycles. The molecular formula is C14H11ClIN3O. The van der Waals surface area contributed by atoms with Crippen molar-refractivity contribution in [3.8, 4) is 17.0 Å². The molecule has 1 aliphatic rings. The second-order valence-electron chi connectivity index (χ2n) is 4.69. The third-order valence-corrected chi connectivity index (χ3v) is 4.13. The van der Waals surface area contributed by atoms with Gasteiger partial charge in [-0.15, -0.1) is 0 Å². The van der Waals surface area contributed by atoms with Gasteiger partial charge in [-0.05, 0) is 47.6 Å². The van der Waals surface area contributed by atoms with Crippen molar-refractivity contribution in [3.63, 3.8) is 0 Å². The maximum atomic E-state index is 7.47. The molecular weight excluding hydrogens is 389 g/mol. The Hall–Kier alpha value is -1.26. The summed E-state index contributed by atoms with van der Waals surface area (Å²) in [6.45, 7) is 7.47. The first-order valence-electron chi connectivity index (χ1n) is 6.15. The van der Waals surface area contributed by atoms with Crippen molar-refractivity contribution in [3.05, 3.63) is 38.3 Å². The van der Waals surface area contributed by atoms with Crippen molar-refractivity contribution in [1.29, 1.82) is 0 Å². The summed E-state index contributed by atoms with van der Waals surface area (Å²) in [4.78, 5) is 3.65. The Labute approximate surface area is 135 Å². The molecule has 0 unspecified atom stereocenters. The van der Waals surface area contributed by atoms with Crippen molar-refractivity contribution in [1.82, 2.24) is 9.78 Å².